The van der Waals surface area contributed by atoms with E-state index in [2.05, 4.69) is 24.0 Å². The van der Waals surface area contributed by atoms with E-state index in [1.54, 1.807) is 0 Å². The Morgan fingerprint density at radius 3 is 2.75 bits per heavy atom. The maximum absolute atomic E-state index is 10.7. The van der Waals surface area contributed by atoms with Crippen LogP contribution >= 0.6 is 11.8 Å². The zero-order valence-electron chi connectivity index (χ0n) is 11.6. The minimum absolute atomic E-state index is 0.0379. The van der Waals surface area contributed by atoms with E-state index >= 15 is 0 Å². The Labute approximate surface area is 122 Å². The van der Waals surface area contributed by atoms with Gasteiger partial charge in [-0.1, -0.05) is 49.0 Å². The Bertz CT molecular complexity index is 581. The van der Waals surface area contributed by atoms with Gasteiger partial charge in [-0.15, -0.1) is 0 Å². The van der Waals surface area contributed by atoms with Crippen LogP contribution in [-0.4, -0.2) is 26.4 Å². The molecule has 106 valence electrons. The second-order valence-electron chi connectivity index (χ2n) is 4.81. The lowest BCUT2D eigenvalue weighted by molar-refractivity contribution is -0.133. The van der Waals surface area contributed by atoms with E-state index in [0.29, 0.717) is 5.92 Å². The van der Waals surface area contributed by atoms with Crippen LogP contribution < -0.4 is 0 Å². The quantitative estimate of drug-likeness (QED) is 0.830. The zero-order valence-corrected chi connectivity index (χ0v) is 12.4. The second kappa shape index (κ2) is 6.61. The van der Waals surface area contributed by atoms with E-state index in [4.69, 9.17) is 5.11 Å². The summed E-state index contributed by atoms with van der Waals surface area (Å²) in [5.41, 5.74) is 2.19. The van der Waals surface area contributed by atoms with Crippen molar-refractivity contribution in [3.63, 3.8) is 0 Å². The maximum Gasteiger partial charge on any atom is 0.313 e. The SMILES string of the molecule is Cc1cn(CC(C)c2ccccc2)c(SCC(=O)O)n1. The first kappa shape index (κ1) is 14.7. The third kappa shape index (κ3) is 3.87. The standard InChI is InChI=1S/C15H18N2O2S/c1-11(13-6-4-3-5-7-13)8-17-9-12(2)16-15(17)20-10-14(18)19/h3-7,9,11H,8,10H2,1-2H3,(H,18,19). The first-order chi connectivity index (χ1) is 9.56. The van der Waals surface area contributed by atoms with Gasteiger partial charge in [0.05, 0.1) is 11.4 Å². The Balaban J connectivity index is 2.10. The van der Waals surface area contributed by atoms with Crippen molar-refractivity contribution in [3.8, 4) is 0 Å². The maximum atomic E-state index is 10.7. The van der Waals surface area contributed by atoms with Crippen LogP contribution in [-0.2, 0) is 11.3 Å². The van der Waals surface area contributed by atoms with Crippen LogP contribution in [0.3, 0.4) is 0 Å². The van der Waals surface area contributed by atoms with Gasteiger partial charge in [0, 0.05) is 12.7 Å². The summed E-state index contributed by atoms with van der Waals surface area (Å²) in [5, 5.41) is 9.55. The number of aryl methyl sites for hydroxylation is 1. The number of carbonyl (C=O) groups is 1. The van der Waals surface area contributed by atoms with E-state index in [1.807, 2.05) is 35.9 Å². The van der Waals surface area contributed by atoms with E-state index in [1.165, 1.54) is 17.3 Å². The molecule has 0 amide bonds. The summed E-state index contributed by atoms with van der Waals surface area (Å²) in [7, 11) is 0. The first-order valence-electron chi connectivity index (χ1n) is 6.49. The molecule has 1 aromatic carbocycles. The van der Waals surface area contributed by atoms with Crippen LogP contribution in [0.25, 0.3) is 0 Å². The molecule has 0 aliphatic carbocycles. The van der Waals surface area contributed by atoms with Gasteiger partial charge >= 0.3 is 5.97 Å². The van der Waals surface area contributed by atoms with Gasteiger partial charge in [0.15, 0.2) is 5.16 Å². The van der Waals surface area contributed by atoms with E-state index in [-0.39, 0.29) is 5.75 Å². The number of rotatable bonds is 6. The van der Waals surface area contributed by atoms with Gasteiger partial charge in [0.25, 0.3) is 0 Å². The number of carboxylic acids is 1. The van der Waals surface area contributed by atoms with Crippen LogP contribution in [0.4, 0.5) is 0 Å². The number of nitrogens with zero attached hydrogens (tertiary/aromatic N) is 2. The highest BCUT2D eigenvalue weighted by atomic mass is 32.2. The molecule has 0 bridgehead atoms. The van der Waals surface area contributed by atoms with E-state index in [9.17, 15) is 4.79 Å². The largest absolute Gasteiger partial charge is 0.481 e. The molecule has 2 aromatic rings. The van der Waals surface area contributed by atoms with Crippen molar-refractivity contribution in [2.24, 2.45) is 0 Å². The molecule has 1 atom stereocenters. The molecule has 0 aliphatic heterocycles. The highest BCUT2D eigenvalue weighted by Crippen LogP contribution is 2.22. The van der Waals surface area contributed by atoms with Gasteiger partial charge < -0.3 is 9.67 Å². The molecule has 0 fully saturated rings. The summed E-state index contributed by atoms with van der Waals surface area (Å²) in [6.45, 7) is 4.89. The fourth-order valence-electron chi connectivity index (χ4n) is 2.08. The number of hydrogen-bond donors (Lipinski definition) is 1. The summed E-state index contributed by atoms with van der Waals surface area (Å²) in [6.07, 6.45) is 1.98. The van der Waals surface area contributed by atoms with Crippen molar-refractivity contribution in [3.05, 3.63) is 47.8 Å². The van der Waals surface area contributed by atoms with Crippen molar-refractivity contribution in [1.29, 1.82) is 0 Å². The number of carboxylic acid groups (broad SMARTS) is 1. The lowest BCUT2D eigenvalue weighted by atomic mass is 10.0. The summed E-state index contributed by atoms with van der Waals surface area (Å²) in [6, 6.07) is 10.3. The van der Waals surface area contributed by atoms with E-state index < -0.39 is 5.97 Å². The van der Waals surface area contributed by atoms with Gasteiger partial charge in [0.1, 0.15) is 0 Å². The molecule has 1 unspecified atom stereocenters. The minimum atomic E-state index is -0.821. The fourth-order valence-corrected chi connectivity index (χ4v) is 2.83. The van der Waals surface area contributed by atoms with Crippen LogP contribution in [0.15, 0.2) is 41.7 Å². The van der Waals surface area contributed by atoms with Crippen molar-refractivity contribution in [2.75, 3.05) is 5.75 Å². The molecule has 0 spiro atoms. The van der Waals surface area contributed by atoms with Crippen LogP contribution in [0.2, 0.25) is 0 Å². The molecular formula is C15H18N2O2S. The minimum Gasteiger partial charge on any atom is -0.481 e. The topological polar surface area (TPSA) is 55.1 Å². The van der Waals surface area contributed by atoms with Gasteiger partial charge in [-0.05, 0) is 18.4 Å². The molecule has 0 saturated carbocycles. The molecule has 0 saturated heterocycles. The predicted octanol–water partition coefficient (Wildman–Crippen LogP) is 3.17. The molecule has 1 N–H and O–H groups in total. The molecular weight excluding hydrogens is 272 g/mol. The number of thioether (sulfide) groups is 1. The molecule has 4 nitrogen and oxygen atoms in total. The number of benzene rings is 1. The van der Waals surface area contributed by atoms with Gasteiger partial charge in [-0.2, -0.15) is 0 Å². The Hall–Kier alpha value is -1.75. The zero-order chi connectivity index (χ0) is 14.5. The van der Waals surface area contributed by atoms with Gasteiger partial charge in [-0.25, -0.2) is 4.98 Å². The van der Waals surface area contributed by atoms with E-state index in [0.717, 1.165) is 17.4 Å². The number of aromatic nitrogens is 2. The Kier molecular flexibility index (Phi) is 4.84. The average molecular weight is 290 g/mol. The smallest absolute Gasteiger partial charge is 0.313 e. The number of imidazole rings is 1. The summed E-state index contributed by atoms with van der Waals surface area (Å²) in [4.78, 5) is 15.1. The first-order valence-corrected chi connectivity index (χ1v) is 7.48. The molecule has 0 radical (unpaired) electrons. The van der Waals surface area contributed by atoms with Gasteiger partial charge in [0.2, 0.25) is 0 Å². The molecule has 1 heterocycles. The monoisotopic (exact) mass is 290 g/mol. The molecule has 2 rings (SSSR count). The molecule has 0 aliphatic rings. The third-order valence-corrected chi connectivity index (χ3v) is 4.00. The van der Waals surface area contributed by atoms with Crippen LogP contribution in [0, 0.1) is 6.92 Å². The lowest BCUT2D eigenvalue weighted by Gasteiger charge is -2.14. The normalized spacial score (nSPS) is 12.3. The summed E-state index contributed by atoms with van der Waals surface area (Å²) in [5.74, 6) is -0.428. The average Bonchev–Trinajstić information content (AvgIpc) is 2.77. The van der Waals surface area contributed by atoms with Crippen LogP contribution in [0.5, 0.6) is 0 Å². The summed E-state index contributed by atoms with van der Waals surface area (Å²) < 4.78 is 2.04. The van der Waals surface area contributed by atoms with Gasteiger partial charge in [-0.3, -0.25) is 4.79 Å². The third-order valence-electron chi connectivity index (χ3n) is 3.02. The molecule has 1 aromatic heterocycles. The highest BCUT2D eigenvalue weighted by Gasteiger charge is 2.12. The Morgan fingerprint density at radius 2 is 2.10 bits per heavy atom. The lowest BCUT2D eigenvalue weighted by Crippen LogP contribution is -2.08. The Morgan fingerprint density at radius 1 is 1.40 bits per heavy atom. The second-order valence-corrected chi connectivity index (χ2v) is 5.75. The highest BCUT2D eigenvalue weighted by molar-refractivity contribution is 7.99. The van der Waals surface area contributed by atoms with Crippen molar-refractivity contribution >= 4 is 17.7 Å². The van der Waals surface area contributed by atoms with Crippen molar-refractivity contribution in [2.45, 2.75) is 31.5 Å². The molecule has 20 heavy (non-hydrogen) atoms. The van der Waals surface area contributed by atoms with Crippen LogP contribution in [0.1, 0.15) is 24.1 Å². The predicted molar refractivity (Wildman–Crippen MR) is 80.2 cm³/mol. The molecule has 5 heteroatoms. The number of aliphatic carboxylic acids is 1. The van der Waals surface area contributed by atoms with Crippen molar-refractivity contribution in [1.82, 2.24) is 9.55 Å². The summed E-state index contributed by atoms with van der Waals surface area (Å²) >= 11 is 1.27. The number of hydrogen-bond acceptors (Lipinski definition) is 3. The van der Waals surface area contributed by atoms with Crippen molar-refractivity contribution < 1.29 is 9.90 Å². The fraction of sp³-hybridized carbons (Fsp3) is 0.333.